The van der Waals surface area contributed by atoms with Gasteiger partial charge in [-0.2, -0.15) is 0 Å². The fourth-order valence-electron chi connectivity index (χ4n) is 1.24. The van der Waals surface area contributed by atoms with Crippen LogP contribution in [0.3, 0.4) is 0 Å². The molecule has 0 spiro atoms. The lowest BCUT2D eigenvalue weighted by molar-refractivity contribution is -0.141. The maximum absolute atomic E-state index is 11.3. The second-order valence-corrected chi connectivity index (χ2v) is 3.66. The van der Waals surface area contributed by atoms with Crippen molar-refractivity contribution >= 4 is 11.9 Å². The summed E-state index contributed by atoms with van der Waals surface area (Å²) in [5.74, 6) is 1.05. The topological polar surface area (TPSA) is 66.4 Å². The zero-order chi connectivity index (χ0) is 12.4. The van der Waals surface area contributed by atoms with Crippen LogP contribution in [0.2, 0.25) is 0 Å². The first-order valence-electron chi connectivity index (χ1n) is 5.54. The third-order valence-electron chi connectivity index (χ3n) is 2.36. The molecule has 0 rings (SSSR count). The molecule has 90 valence electrons. The Hall–Kier alpha value is -1.50. The molecule has 1 amide bonds. The number of carboxylic acids is 1. The monoisotopic (exact) mass is 225 g/mol. The van der Waals surface area contributed by atoms with Crippen molar-refractivity contribution in [2.24, 2.45) is 5.92 Å². The van der Waals surface area contributed by atoms with E-state index >= 15 is 0 Å². The normalized spacial score (nSPS) is 11.5. The summed E-state index contributed by atoms with van der Waals surface area (Å²) >= 11 is 0. The summed E-state index contributed by atoms with van der Waals surface area (Å²) in [4.78, 5) is 22.0. The van der Waals surface area contributed by atoms with E-state index in [1.807, 2.05) is 0 Å². The first-order valence-corrected chi connectivity index (χ1v) is 5.54. The Labute approximate surface area is 96.4 Å². The van der Waals surface area contributed by atoms with Gasteiger partial charge in [-0.05, 0) is 19.3 Å². The molecule has 0 aliphatic carbocycles. The molecule has 16 heavy (non-hydrogen) atoms. The Morgan fingerprint density at radius 3 is 2.62 bits per heavy atom. The van der Waals surface area contributed by atoms with E-state index in [1.165, 1.54) is 0 Å². The molecule has 4 nitrogen and oxygen atoms in total. The van der Waals surface area contributed by atoms with Crippen LogP contribution in [0.4, 0.5) is 0 Å². The molecule has 0 fully saturated rings. The zero-order valence-corrected chi connectivity index (χ0v) is 9.66. The Morgan fingerprint density at radius 1 is 1.44 bits per heavy atom. The number of unbranched alkanes of at least 4 members (excludes halogenated alkanes) is 2. The number of carbonyl (C=O) groups excluding carboxylic acids is 1. The smallest absolute Gasteiger partial charge is 0.308 e. The minimum atomic E-state index is -0.866. The lowest BCUT2D eigenvalue weighted by atomic mass is 10.1. The number of aliphatic carboxylic acids is 1. The highest BCUT2D eigenvalue weighted by Crippen LogP contribution is 2.02. The molecule has 0 saturated heterocycles. The Morgan fingerprint density at radius 2 is 2.12 bits per heavy atom. The molecule has 2 N–H and O–H groups in total. The quantitative estimate of drug-likeness (QED) is 0.485. The van der Waals surface area contributed by atoms with Gasteiger partial charge in [0.1, 0.15) is 0 Å². The van der Waals surface area contributed by atoms with Crippen LogP contribution in [0.5, 0.6) is 0 Å². The molecular weight excluding hydrogens is 206 g/mol. The van der Waals surface area contributed by atoms with Crippen LogP contribution < -0.4 is 5.32 Å². The summed E-state index contributed by atoms with van der Waals surface area (Å²) in [6.45, 7) is 2.00. The van der Waals surface area contributed by atoms with Gasteiger partial charge in [0.05, 0.1) is 5.92 Å². The van der Waals surface area contributed by atoms with Gasteiger partial charge in [0.15, 0.2) is 0 Å². The molecule has 0 heterocycles. The van der Waals surface area contributed by atoms with E-state index in [0.717, 1.165) is 12.8 Å². The van der Waals surface area contributed by atoms with E-state index in [-0.39, 0.29) is 12.5 Å². The van der Waals surface area contributed by atoms with Gasteiger partial charge in [0.25, 0.3) is 0 Å². The summed E-state index contributed by atoms with van der Waals surface area (Å²) in [5.41, 5.74) is 0. The fourth-order valence-corrected chi connectivity index (χ4v) is 1.24. The number of hydrogen-bond donors (Lipinski definition) is 2. The van der Waals surface area contributed by atoms with Crippen LogP contribution in [0, 0.1) is 18.3 Å². The summed E-state index contributed by atoms with van der Waals surface area (Å²) in [6, 6.07) is 0. The standard InChI is InChI=1S/C12H19NO3/c1-3-5-6-7-8-11(14)13-9-10(4-2)12(15)16/h1,10H,4-9H2,2H3,(H,13,14)(H,15,16). The van der Waals surface area contributed by atoms with Gasteiger partial charge in [-0.25, -0.2) is 0 Å². The number of carboxylic acid groups (broad SMARTS) is 1. The van der Waals surface area contributed by atoms with Gasteiger partial charge in [-0.1, -0.05) is 6.92 Å². The molecule has 0 bridgehead atoms. The Bertz CT molecular complexity index is 268. The summed E-state index contributed by atoms with van der Waals surface area (Å²) in [7, 11) is 0. The van der Waals surface area contributed by atoms with E-state index < -0.39 is 11.9 Å². The third kappa shape index (κ3) is 6.88. The number of nitrogens with one attached hydrogen (secondary N) is 1. The molecule has 1 atom stereocenters. The maximum atomic E-state index is 11.3. The molecule has 0 aliphatic heterocycles. The zero-order valence-electron chi connectivity index (χ0n) is 9.66. The van der Waals surface area contributed by atoms with Gasteiger partial charge in [0, 0.05) is 19.4 Å². The van der Waals surface area contributed by atoms with Crippen LogP contribution in [-0.4, -0.2) is 23.5 Å². The summed E-state index contributed by atoms with van der Waals surface area (Å²) in [6.07, 6.45) is 8.28. The van der Waals surface area contributed by atoms with Crippen LogP contribution in [0.15, 0.2) is 0 Å². The number of carbonyl (C=O) groups is 2. The van der Waals surface area contributed by atoms with Crippen molar-refractivity contribution in [1.29, 1.82) is 0 Å². The van der Waals surface area contributed by atoms with E-state index in [4.69, 9.17) is 11.5 Å². The van der Waals surface area contributed by atoms with Gasteiger partial charge in [-0.3, -0.25) is 9.59 Å². The second-order valence-electron chi connectivity index (χ2n) is 3.66. The number of hydrogen-bond acceptors (Lipinski definition) is 2. The van der Waals surface area contributed by atoms with E-state index in [1.54, 1.807) is 6.92 Å². The Balaban J connectivity index is 3.64. The van der Waals surface area contributed by atoms with Gasteiger partial charge < -0.3 is 10.4 Å². The highest BCUT2D eigenvalue weighted by Gasteiger charge is 2.15. The van der Waals surface area contributed by atoms with Crippen molar-refractivity contribution < 1.29 is 14.7 Å². The van der Waals surface area contributed by atoms with Crippen molar-refractivity contribution in [3.05, 3.63) is 0 Å². The highest BCUT2D eigenvalue weighted by atomic mass is 16.4. The lowest BCUT2D eigenvalue weighted by Gasteiger charge is -2.10. The molecule has 4 heteroatoms. The predicted molar refractivity (Wildman–Crippen MR) is 61.7 cm³/mol. The molecule has 1 unspecified atom stereocenters. The van der Waals surface area contributed by atoms with Crippen LogP contribution >= 0.6 is 0 Å². The average Bonchev–Trinajstić information content (AvgIpc) is 2.25. The van der Waals surface area contributed by atoms with Crippen molar-refractivity contribution in [3.8, 4) is 12.3 Å². The van der Waals surface area contributed by atoms with E-state index in [9.17, 15) is 9.59 Å². The molecule has 0 aromatic carbocycles. The first kappa shape index (κ1) is 14.5. The van der Waals surface area contributed by atoms with Gasteiger partial charge in [-0.15, -0.1) is 12.3 Å². The van der Waals surface area contributed by atoms with Crippen molar-refractivity contribution in [2.45, 2.75) is 39.0 Å². The molecule has 0 aromatic heterocycles. The van der Waals surface area contributed by atoms with Gasteiger partial charge in [0.2, 0.25) is 5.91 Å². The lowest BCUT2D eigenvalue weighted by Crippen LogP contribution is -2.32. The second kappa shape index (κ2) is 8.78. The van der Waals surface area contributed by atoms with Crippen molar-refractivity contribution in [2.75, 3.05) is 6.54 Å². The van der Waals surface area contributed by atoms with E-state index in [2.05, 4.69) is 11.2 Å². The highest BCUT2D eigenvalue weighted by molar-refractivity contribution is 5.77. The number of terminal acetylenes is 1. The minimum Gasteiger partial charge on any atom is -0.481 e. The summed E-state index contributed by atoms with van der Waals surface area (Å²) in [5, 5.41) is 11.4. The first-order chi connectivity index (χ1) is 7.61. The Kier molecular flexibility index (Phi) is 7.96. The van der Waals surface area contributed by atoms with Crippen molar-refractivity contribution in [1.82, 2.24) is 5.32 Å². The maximum Gasteiger partial charge on any atom is 0.308 e. The average molecular weight is 225 g/mol. The fraction of sp³-hybridized carbons (Fsp3) is 0.667. The molecule has 0 radical (unpaired) electrons. The predicted octanol–water partition coefficient (Wildman–Crippen LogP) is 1.41. The van der Waals surface area contributed by atoms with Crippen LogP contribution in [0.25, 0.3) is 0 Å². The summed E-state index contributed by atoms with van der Waals surface area (Å²) < 4.78 is 0. The van der Waals surface area contributed by atoms with Gasteiger partial charge >= 0.3 is 5.97 Å². The number of amides is 1. The van der Waals surface area contributed by atoms with Crippen LogP contribution in [0.1, 0.15) is 39.0 Å². The van der Waals surface area contributed by atoms with Crippen LogP contribution in [-0.2, 0) is 9.59 Å². The largest absolute Gasteiger partial charge is 0.481 e. The third-order valence-corrected chi connectivity index (χ3v) is 2.36. The number of rotatable bonds is 8. The van der Waals surface area contributed by atoms with Crippen molar-refractivity contribution in [3.63, 3.8) is 0 Å². The molecule has 0 aliphatic rings. The molecular formula is C12H19NO3. The molecule has 0 saturated carbocycles. The SMILES string of the molecule is C#CCCCCC(=O)NCC(CC)C(=O)O. The molecule has 0 aromatic rings. The van der Waals surface area contributed by atoms with E-state index in [0.29, 0.717) is 19.3 Å². The minimum absolute atomic E-state index is 0.100.